The molecule has 4 nitrogen and oxygen atoms in total. The van der Waals surface area contributed by atoms with Crippen molar-refractivity contribution in [1.82, 2.24) is 4.98 Å². The van der Waals surface area contributed by atoms with E-state index in [2.05, 4.69) is 4.98 Å². The number of nitrogens with two attached hydrogens (primary N) is 1. The molecule has 72 valence electrons. The lowest BCUT2D eigenvalue weighted by Crippen LogP contribution is -2.23. The molecule has 0 aliphatic rings. The zero-order valence-corrected chi connectivity index (χ0v) is 7.77. The third-order valence-electron chi connectivity index (χ3n) is 1.87. The smallest absolute Gasteiger partial charge is 0.137 e. The standard InChI is InChI=1S/C9H14N2O2/c1-6(12)9(10)7-3-8(13-2)5-11-4-7/h3-6,9,12H,10H2,1-2H3. The minimum Gasteiger partial charge on any atom is -0.495 e. The van der Waals surface area contributed by atoms with Gasteiger partial charge in [0.05, 0.1) is 25.5 Å². The molecule has 0 saturated carbocycles. The van der Waals surface area contributed by atoms with Crippen molar-refractivity contribution in [1.29, 1.82) is 0 Å². The average molecular weight is 182 g/mol. The fraction of sp³-hybridized carbons (Fsp3) is 0.444. The van der Waals surface area contributed by atoms with Crippen molar-refractivity contribution < 1.29 is 9.84 Å². The van der Waals surface area contributed by atoms with Crippen molar-refractivity contribution in [3.63, 3.8) is 0 Å². The van der Waals surface area contributed by atoms with E-state index in [0.29, 0.717) is 5.75 Å². The highest BCUT2D eigenvalue weighted by molar-refractivity contribution is 5.26. The van der Waals surface area contributed by atoms with Crippen LogP contribution in [-0.2, 0) is 0 Å². The molecule has 1 rings (SSSR count). The molecule has 3 N–H and O–H groups in total. The van der Waals surface area contributed by atoms with Gasteiger partial charge in [0.15, 0.2) is 0 Å². The van der Waals surface area contributed by atoms with Crippen LogP contribution in [0.15, 0.2) is 18.5 Å². The van der Waals surface area contributed by atoms with Crippen LogP contribution in [0.1, 0.15) is 18.5 Å². The number of pyridine rings is 1. The van der Waals surface area contributed by atoms with Gasteiger partial charge in [0.1, 0.15) is 5.75 Å². The number of aromatic nitrogens is 1. The molecule has 0 aromatic carbocycles. The van der Waals surface area contributed by atoms with Gasteiger partial charge in [0.2, 0.25) is 0 Å². The average Bonchev–Trinajstić information content (AvgIpc) is 2.16. The van der Waals surface area contributed by atoms with Crippen molar-refractivity contribution in [3.8, 4) is 5.75 Å². The van der Waals surface area contributed by atoms with Gasteiger partial charge in [-0.05, 0) is 18.6 Å². The van der Waals surface area contributed by atoms with Crippen molar-refractivity contribution in [2.45, 2.75) is 19.1 Å². The molecule has 4 heteroatoms. The van der Waals surface area contributed by atoms with E-state index in [0.717, 1.165) is 5.56 Å². The van der Waals surface area contributed by atoms with E-state index >= 15 is 0 Å². The van der Waals surface area contributed by atoms with Crippen LogP contribution in [-0.4, -0.2) is 23.3 Å². The number of rotatable bonds is 3. The third kappa shape index (κ3) is 2.40. The minimum atomic E-state index is -0.589. The van der Waals surface area contributed by atoms with Gasteiger partial charge in [-0.1, -0.05) is 0 Å². The molecular formula is C9H14N2O2. The minimum absolute atomic E-state index is 0.414. The van der Waals surface area contributed by atoms with E-state index in [1.54, 1.807) is 32.5 Å². The van der Waals surface area contributed by atoms with Gasteiger partial charge in [0, 0.05) is 6.20 Å². The van der Waals surface area contributed by atoms with Gasteiger partial charge in [-0.25, -0.2) is 0 Å². The first-order valence-corrected chi connectivity index (χ1v) is 4.07. The van der Waals surface area contributed by atoms with Crippen LogP contribution in [0.4, 0.5) is 0 Å². The van der Waals surface area contributed by atoms with Crippen LogP contribution in [0.2, 0.25) is 0 Å². The predicted molar refractivity (Wildman–Crippen MR) is 49.4 cm³/mol. The Balaban J connectivity index is 2.88. The van der Waals surface area contributed by atoms with E-state index in [4.69, 9.17) is 10.5 Å². The Bertz CT molecular complexity index is 276. The second kappa shape index (κ2) is 4.20. The molecule has 0 radical (unpaired) electrons. The molecule has 0 fully saturated rings. The maximum Gasteiger partial charge on any atom is 0.137 e. The van der Waals surface area contributed by atoms with E-state index < -0.39 is 12.1 Å². The van der Waals surface area contributed by atoms with Gasteiger partial charge >= 0.3 is 0 Å². The molecule has 0 amide bonds. The normalized spacial score (nSPS) is 15.1. The molecule has 13 heavy (non-hydrogen) atoms. The largest absolute Gasteiger partial charge is 0.495 e. The second-order valence-electron chi connectivity index (χ2n) is 2.92. The van der Waals surface area contributed by atoms with Crippen molar-refractivity contribution in [3.05, 3.63) is 24.0 Å². The molecule has 2 unspecified atom stereocenters. The Labute approximate surface area is 77.4 Å². The number of hydrogen-bond donors (Lipinski definition) is 2. The molecular weight excluding hydrogens is 168 g/mol. The highest BCUT2D eigenvalue weighted by Crippen LogP contribution is 2.17. The van der Waals surface area contributed by atoms with E-state index in [-0.39, 0.29) is 0 Å². The summed E-state index contributed by atoms with van der Waals surface area (Å²) < 4.78 is 4.99. The summed E-state index contributed by atoms with van der Waals surface area (Å²) >= 11 is 0. The highest BCUT2D eigenvalue weighted by atomic mass is 16.5. The summed E-state index contributed by atoms with van der Waals surface area (Å²) in [5.74, 6) is 0.647. The van der Waals surface area contributed by atoms with Crippen LogP contribution < -0.4 is 10.5 Å². The fourth-order valence-electron chi connectivity index (χ4n) is 1.01. The molecule has 2 atom stereocenters. The van der Waals surface area contributed by atoms with Crippen molar-refractivity contribution in [2.75, 3.05) is 7.11 Å². The Morgan fingerprint density at radius 1 is 1.54 bits per heavy atom. The lowest BCUT2D eigenvalue weighted by molar-refractivity contribution is 0.164. The van der Waals surface area contributed by atoms with Crippen LogP contribution in [0.3, 0.4) is 0 Å². The van der Waals surface area contributed by atoms with E-state index in [9.17, 15) is 5.11 Å². The lowest BCUT2D eigenvalue weighted by Gasteiger charge is -2.14. The zero-order chi connectivity index (χ0) is 9.84. The summed E-state index contributed by atoms with van der Waals surface area (Å²) in [6, 6.07) is 1.35. The van der Waals surface area contributed by atoms with Crippen molar-refractivity contribution >= 4 is 0 Å². The first-order valence-electron chi connectivity index (χ1n) is 4.07. The number of ether oxygens (including phenoxy) is 1. The SMILES string of the molecule is COc1cncc(C(N)C(C)O)c1. The Hall–Kier alpha value is -1.13. The summed E-state index contributed by atoms with van der Waals surface area (Å²) in [4.78, 5) is 3.94. The van der Waals surface area contributed by atoms with Crippen LogP contribution in [0.25, 0.3) is 0 Å². The molecule has 1 aromatic heterocycles. The number of methoxy groups -OCH3 is 1. The highest BCUT2D eigenvalue weighted by Gasteiger charge is 2.12. The van der Waals surface area contributed by atoms with Gasteiger partial charge in [-0.15, -0.1) is 0 Å². The fourth-order valence-corrected chi connectivity index (χ4v) is 1.01. The van der Waals surface area contributed by atoms with Gasteiger partial charge in [0.25, 0.3) is 0 Å². The first kappa shape index (κ1) is 9.95. The van der Waals surface area contributed by atoms with Crippen LogP contribution in [0.5, 0.6) is 5.75 Å². The molecule has 1 heterocycles. The van der Waals surface area contributed by atoms with E-state index in [1.807, 2.05) is 0 Å². The number of aliphatic hydroxyl groups excluding tert-OH is 1. The monoisotopic (exact) mass is 182 g/mol. The summed E-state index contributed by atoms with van der Waals surface area (Å²) in [6.45, 7) is 1.64. The summed E-state index contributed by atoms with van der Waals surface area (Å²) in [7, 11) is 1.56. The lowest BCUT2D eigenvalue weighted by atomic mass is 10.1. The number of aliphatic hydroxyl groups is 1. The Kier molecular flexibility index (Phi) is 3.22. The number of nitrogens with zero attached hydrogens (tertiary/aromatic N) is 1. The summed E-state index contributed by atoms with van der Waals surface area (Å²) in [5.41, 5.74) is 6.49. The van der Waals surface area contributed by atoms with Crippen molar-refractivity contribution in [2.24, 2.45) is 5.73 Å². The topological polar surface area (TPSA) is 68.4 Å². The molecule has 0 spiro atoms. The second-order valence-corrected chi connectivity index (χ2v) is 2.92. The van der Waals surface area contributed by atoms with Crippen LogP contribution in [0, 0.1) is 0 Å². The van der Waals surface area contributed by atoms with Gasteiger partial charge in [-0.3, -0.25) is 4.98 Å². The first-order chi connectivity index (χ1) is 6.15. The quantitative estimate of drug-likeness (QED) is 0.713. The molecule has 0 saturated heterocycles. The number of hydrogen-bond acceptors (Lipinski definition) is 4. The maximum absolute atomic E-state index is 9.24. The summed E-state index contributed by atoms with van der Waals surface area (Å²) in [5, 5.41) is 9.24. The Morgan fingerprint density at radius 2 is 2.23 bits per heavy atom. The predicted octanol–water partition coefficient (Wildman–Crippen LogP) is 0.471. The third-order valence-corrected chi connectivity index (χ3v) is 1.87. The summed E-state index contributed by atoms with van der Waals surface area (Å²) in [6.07, 6.45) is 2.63. The molecule has 0 bridgehead atoms. The molecule has 1 aromatic rings. The van der Waals surface area contributed by atoms with Gasteiger partial charge in [-0.2, -0.15) is 0 Å². The Morgan fingerprint density at radius 3 is 2.77 bits per heavy atom. The molecule has 0 aliphatic heterocycles. The zero-order valence-electron chi connectivity index (χ0n) is 7.77. The molecule has 0 aliphatic carbocycles. The van der Waals surface area contributed by atoms with E-state index in [1.165, 1.54) is 0 Å². The maximum atomic E-state index is 9.24. The van der Waals surface area contributed by atoms with Crippen LogP contribution >= 0.6 is 0 Å². The van der Waals surface area contributed by atoms with Gasteiger partial charge < -0.3 is 15.6 Å².